The van der Waals surface area contributed by atoms with Crippen LogP contribution in [0.3, 0.4) is 0 Å². The van der Waals surface area contributed by atoms with Crippen LogP contribution in [-0.2, 0) is 12.8 Å². The van der Waals surface area contributed by atoms with Crippen LogP contribution in [0.25, 0.3) is 0 Å². The minimum atomic E-state index is 0.197. The number of fused-ring (bicyclic) bond motifs is 1. The lowest BCUT2D eigenvalue weighted by molar-refractivity contribution is 0.215. The summed E-state index contributed by atoms with van der Waals surface area (Å²) < 4.78 is 0. The largest absolute Gasteiger partial charge is 0.395 e. The van der Waals surface area contributed by atoms with E-state index in [0.717, 1.165) is 6.42 Å². The molecule has 0 bridgehead atoms. The zero-order valence-electron chi connectivity index (χ0n) is 12.4. The summed E-state index contributed by atoms with van der Waals surface area (Å²) >= 11 is 0. The van der Waals surface area contributed by atoms with Gasteiger partial charge in [0.05, 0.1) is 6.61 Å². The van der Waals surface area contributed by atoms with Crippen LogP contribution in [0.15, 0.2) is 18.2 Å². The lowest BCUT2D eigenvalue weighted by Gasteiger charge is -2.24. The number of nitrogens with one attached hydrogen (secondary N) is 1. The van der Waals surface area contributed by atoms with Gasteiger partial charge in [-0.2, -0.15) is 0 Å². The van der Waals surface area contributed by atoms with Crippen LogP contribution in [0.5, 0.6) is 0 Å². The molecule has 0 spiro atoms. The van der Waals surface area contributed by atoms with E-state index < -0.39 is 0 Å². The Morgan fingerprint density at radius 2 is 1.89 bits per heavy atom. The molecular weight excluding hydrogens is 234 g/mol. The van der Waals surface area contributed by atoms with Gasteiger partial charge in [-0.15, -0.1) is 0 Å². The second-order valence-corrected chi connectivity index (χ2v) is 6.28. The second kappa shape index (κ2) is 6.53. The predicted molar refractivity (Wildman–Crippen MR) is 80.3 cm³/mol. The monoisotopic (exact) mass is 261 g/mol. The summed E-state index contributed by atoms with van der Waals surface area (Å²) in [5.74, 6) is 0.608. The molecule has 2 N–H and O–H groups in total. The quantitative estimate of drug-likeness (QED) is 0.824. The van der Waals surface area contributed by atoms with Crippen LogP contribution in [0, 0.1) is 5.92 Å². The number of hydrogen-bond donors (Lipinski definition) is 2. The van der Waals surface area contributed by atoms with Crippen LogP contribution in [0.4, 0.5) is 0 Å². The van der Waals surface area contributed by atoms with Crippen LogP contribution >= 0.6 is 0 Å². The number of aliphatic hydroxyl groups excluding tert-OH is 1. The van der Waals surface area contributed by atoms with E-state index in [9.17, 15) is 5.11 Å². The lowest BCUT2D eigenvalue weighted by atomic mass is 9.99. The topological polar surface area (TPSA) is 32.3 Å². The summed E-state index contributed by atoms with van der Waals surface area (Å²) in [7, 11) is 0. The number of rotatable bonds is 6. The molecular formula is C17H27NO. The van der Waals surface area contributed by atoms with Gasteiger partial charge in [0.25, 0.3) is 0 Å². The Hall–Kier alpha value is -0.860. The smallest absolute Gasteiger partial charge is 0.0584 e. The molecule has 0 heterocycles. The first-order chi connectivity index (χ1) is 9.10. The Bertz CT molecular complexity index is 414. The van der Waals surface area contributed by atoms with E-state index in [4.69, 9.17) is 0 Å². The number of aryl methyl sites for hydroxylation is 2. The number of aliphatic hydroxyl groups is 1. The molecule has 0 saturated heterocycles. The molecule has 2 nitrogen and oxygen atoms in total. The fraction of sp³-hybridized carbons (Fsp3) is 0.647. The Balaban J connectivity index is 2.00. The van der Waals surface area contributed by atoms with Crippen molar-refractivity contribution in [2.75, 3.05) is 6.61 Å². The molecule has 19 heavy (non-hydrogen) atoms. The van der Waals surface area contributed by atoms with Crippen LogP contribution in [0.1, 0.15) is 56.3 Å². The van der Waals surface area contributed by atoms with Crippen molar-refractivity contribution in [2.45, 2.75) is 58.5 Å². The van der Waals surface area contributed by atoms with Gasteiger partial charge in [0.15, 0.2) is 0 Å². The van der Waals surface area contributed by atoms with E-state index >= 15 is 0 Å². The molecule has 106 valence electrons. The number of benzene rings is 1. The summed E-state index contributed by atoms with van der Waals surface area (Å²) in [5, 5.41) is 13.0. The fourth-order valence-electron chi connectivity index (χ4n) is 3.08. The average molecular weight is 261 g/mol. The van der Waals surface area contributed by atoms with Gasteiger partial charge in [-0.25, -0.2) is 0 Å². The van der Waals surface area contributed by atoms with E-state index in [1.807, 2.05) is 0 Å². The average Bonchev–Trinajstić information content (AvgIpc) is 2.84. The standard InChI is InChI=1S/C17H27NO/c1-12(2)9-17(11-19)18-13(3)15-8-7-14-5-4-6-16(14)10-15/h7-8,10,12-13,17-19H,4-6,9,11H2,1-3H3. The fourth-order valence-corrected chi connectivity index (χ4v) is 3.08. The Morgan fingerprint density at radius 3 is 2.58 bits per heavy atom. The van der Waals surface area contributed by atoms with E-state index in [1.54, 1.807) is 0 Å². The molecule has 0 saturated carbocycles. The third-order valence-electron chi connectivity index (χ3n) is 4.08. The van der Waals surface area contributed by atoms with E-state index in [-0.39, 0.29) is 12.6 Å². The molecule has 2 atom stereocenters. The first-order valence-corrected chi connectivity index (χ1v) is 7.58. The zero-order valence-corrected chi connectivity index (χ0v) is 12.4. The molecule has 1 aromatic rings. The van der Waals surface area contributed by atoms with E-state index in [0.29, 0.717) is 12.0 Å². The molecule has 0 aromatic heterocycles. The molecule has 1 aliphatic rings. The molecule has 1 aromatic carbocycles. The minimum Gasteiger partial charge on any atom is -0.395 e. The third-order valence-corrected chi connectivity index (χ3v) is 4.08. The number of hydrogen-bond acceptors (Lipinski definition) is 2. The highest BCUT2D eigenvalue weighted by Crippen LogP contribution is 2.25. The SMILES string of the molecule is CC(C)CC(CO)NC(C)c1ccc2c(c1)CCC2. The molecule has 2 heteroatoms. The van der Waals surface area contributed by atoms with Crippen molar-refractivity contribution < 1.29 is 5.11 Å². The zero-order chi connectivity index (χ0) is 13.8. The maximum atomic E-state index is 9.46. The highest BCUT2D eigenvalue weighted by molar-refractivity contribution is 5.36. The van der Waals surface area contributed by atoms with E-state index in [2.05, 4.69) is 44.3 Å². The first-order valence-electron chi connectivity index (χ1n) is 7.58. The highest BCUT2D eigenvalue weighted by Gasteiger charge is 2.16. The van der Waals surface area contributed by atoms with Crippen molar-refractivity contribution in [2.24, 2.45) is 5.92 Å². The summed E-state index contributed by atoms with van der Waals surface area (Å²) in [6, 6.07) is 7.38. The van der Waals surface area contributed by atoms with Gasteiger partial charge in [-0.05, 0) is 55.2 Å². The van der Waals surface area contributed by atoms with Gasteiger partial charge >= 0.3 is 0 Å². The normalized spacial score (nSPS) is 17.5. The maximum absolute atomic E-state index is 9.46. The van der Waals surface area contributed by atoms with Crippen molar-refractivity contribution in [3.05, 3.63) is 34.9 Å². The first kappa shape index (κ1) is 14.5. The lowest BCUT2D eigenvalue weighted by Crippen LogP contribution is -2.35. The molecule has 0 fully saturated rings. The summed E-state index contributed by atoms with van der Waals surface area (Å²) in [6.07, 6.45) is 4.79. The molecule has 0 aliphatic heterocycles. The van der Waals surface area contributed by atoms with Gasteiger partial charge in [0.1, 0.15) is 0 Å². The molecule has 0 amide bonds. The van der Waals surface area contributed by atoms with Gasteiger partial charge in [0.2, 0.25) is 0 Å². The second-order valence-electron chi connectivity index (χ2n) is 6.28. The van der Waals surface area contributed by atoms with Gasteiger partial charge < -0.3 is 10.4 Å². The molecule has 2 unspecified atom stereocenters. The molecule has 2 rings (SSSR count). The highest BCUT2D eigenvalue weighted by atomic mass is 16.3. The van der Waals surface area contributed by atoms with Crippen molar-refractivity contribution in [1.29, 1.82) is 0 Å². The predicted octanol–water partition coefficient (Wildman–Crippen LogP) is 3.23. The molecule has 0 radical (unpaired) electrons. The van der Waals surface area contributed by atoms with Gasteiger partial charge in [-0.3, -0.25) is 0 Å². The maximum Gasteiger partial charge on any atom is 0.0584 e. The summed E-state index contributed by atoms with van der Waals surface area (Å²) in [5.41, 5.74) is 4.40. The Labute approximate surface area is 117 Å². The minimum absolute atomic E-state index is 0.197. The van der Waals surface area contributed by atoms with E-state index in [1.165, 1.54) is 36.0 Å². The summed E-state index contributed by atoms with van der Waals surface area (Å²) in [4.78, 5) is 0. The van der Waals surface area contributed by atoms with Crippen LogP contribution in [0.2, 0.25) is 0 Å². The Morgan fingerprint density at radius 1 is 1.16 bits per heavy atom. The third kappa shape index (κ3) is 3.80. The van der Waals surface area contributed by atoms with Crippen LogP contribution in [-0.4, -0.2) is 17.8 Å². The van der Waals surface area contributed by atoms with Gasteiger partial charge in [0, 0.05) is 12.1 Å². The van der Waals surface area contributed by atoms with Crippen LogP contribution < -0.4 is 5.32 Å². The van der Waals surface area contributed by atoms with Gasteiger partial charge in [-0.1, -0.05) is 32.0 Å². The van der Waals surface area contributed by atoms with Crippen molar-refractivity contribution in [3.63, 3.8) is 0 Å². The molecule has 1 aliphatic carbocycles. The van der Waals surface area contributed by atoms with Crippen molar-refractivity contribution >= 4 is 0 Å². The van der Waals surface area contributed by atoms with Crippen molar-refractivity contribution in [1.82, 2.24) is 5.32 Å². The summed E-state index contributed by atoms with van der Waals surface area (Å²) in [6.45, 7) is 6.81. The Kier molecular flexibility index (Phi) is 5.00. The van der Waals surface area contributed by atoms with Crippen molar-refractivity contribution in [3.8, 4) is 0 Å².